The molecule has 0 aromatic heterocycles. The van der Waals surface area contributed by atoms with Gasteiger partial charge in [-0.15, -0.1) is 0 Å². The number of hydrogen-bond donors (Lipinski definition) is 2. The lowest BCUT2D eigenvalue weighted by molar-refractivity contribution is -0.142. The fourth-order valence-corrected chi connectivity index (χ4v) is 2.07. The Hall–Kier alpha value is -1.79. The number of nitrogens with zero attached hydrogens (tertiary/aromatic N) is 2. The minimum atomic E-state index is -0.870. The first-order valence-corrected chi connectivity index (χ1v) is 6.28. The van der Waals surface area contributed by atoms with Crippen LogP contribution in [-0.4, -0.2) is 66.5 Å². The summed E-state index contributed by atoms with van der Waals surface area (Å²) in [4.78, 5) is 37.0. The van der Waals surface area contributed by atoms with E-state index in [4.69, 9.17) is 5.11 Å². The molecule has 1 aliphatic rings. The van der Waals surface area contributed by atoms with Gasteiger partial charge in [-0.2, -0.15) is 0 Å². The van der Waals surface area contributed by atoms with Gasteiger partial charge in [-0.1, -0.05) is 6.92 Å². The van der Waals surface area contributed by atoms with Gasteiger partial charge in [0.25, 0.3) is 0 Å². The standard InChI is InChI=1S/C12H21N3O4/c1-8-6-15(7-9(8)11(17)18)12(19)13-5-4-10(16)14(2)3/h8-9H,4-7H2,1-3H3,(H,13,19)(H,17,18)/t8-,9-/m1/s1. The van der Waals surface area contributed by atoms with Gasteiger partial charge in [0.1, 0.15) is 0 Å². The minimum absolute atomic E-state index is 0.0494. The van der Waals surface area contributed by atoms with Crippen LogP contribution in [0.1, 0.15) is 13.3 Å². The van der Waals surface area contributed by atoms with Crippen LogP contribution in [0.25, 0.3) is 0 Å². The van der Waals surface area contributed by atoms with Gasteiger partial charge in [-0.25, -0.2) is 4.79 Å². The Bertz CT molecular complexity index is 370. The number of amides is 3. The second-order valence-corrected chi connectivity index (χ2v) is 5.10. The van der Waals surface area contributed by atoms with Crippen LogP contribution in [-0.2, 0) is 9.59 Å². The van der Waals surface area contributed by atoms with Gasteiger partial charge in [-0.05, 0) is 5.92 Å². The molecule has 1 aliphatic heterocycles. The minimum Gasteiger partial charge on any atom is -0.481 e. The first-order chi connectivity index (χ1) is 8.82. The Kier molecular flexibility index (Phi) is 5.14. The highest BCUT2D eigenvalue weighted by atomic mass is 16.4. The molecule has 0 spiro atoms. The topological polar surface area (TPSA) is 90.0 Å². The van der Waals surface area contributed by atoms with Gasteiger partial charge < -0.3 is 20.2 Å². The Balaban J connectivity index is 2.35. The van der Waals surface area contributed by atoms with Crippen molar-refractivity contribution in [1.29, 1.82) is 0 Å². The van der Waals surface area contributed by atoms with Crippen molar-refractivity contribution in [2.75, 3.05) is 33.7 Å². The third kappa shape index (κ3) is 4.11. The molecule has 7 heteroatoms. The van der Waals surface area contributed by atoms with Crippen molar-refractivity contribution in [1.82, 2.24) is 15.1 Å². The van der Waals surface area contributed by atoms with E-state index in [0.29, 0.717) is 6.54 Å². The van der Waals surface area contributed by atoms with E-state index in [1.165, 1.54) is 9.80 Å². The summed E-state index contributed by atoms with van der Waals surface area (Å²) in [7, 11) is 3.31. The van der Waals surface area contributed by atoms with E-state index in [-0.39, 0.29) is 37.4 Å². The lowest BCUT2D eigenvalue weighted by Gasteiger charge is -2.17. The van der Waals surface area contributed by atoms with Crippen molar-refractivity contribution in [2.45, 2.75) is 13.3 Å². The Morgan fingerprint density at radius 1 is 1.32 bits per heavy atom. The molecule has 7 nitrogen and oxygen atoms in total. The Morgan fingerprint density at radius 3 is 2.42 bits per heavy atom. The molecular formula is C12H21N3O4. The summed E-state index contributed by atoms with van der Waals surface area (Å²) in [5, 5.41) is 11.6. The average molecular weight is 271 g/mol. The van der Waals surface area contributed by atoms with Crippen molar-refractivity contribution in [2.24, 2.45) is 11.8 Å². The maximum atomic E-state index is 11.8. The molecular weight excluding hydrogens is 250 g/mol. The molecule has 2 atom stereocenters. The van der Waals surface area contributed by atoms with Crippen LogP contribution in [0.3, 0.4) is 0 Å². The zero-order chi connectivity index (χ0) is 14.6. The predicted octanol–water partition coefficient (Wildman–Crippen LogP) is -0.173. The third-order valence-electron chi connectivity index (χ3n) is 3.33. The molecule has 0 bridgehead atoms. The smallest absolute Gasteiger partial charge is 0.317 e. The quantitative estimate of drug-likeness (QED) is 0.742. The largest absolute Gasteiger partial charge is 0.481 e. The fourth-order valence-electron chi connectivity index (χ4n) is 2.07. The van der Waals surface area contributed by atoms with Gasteiger partial charge in [0.05, 0.1) is 5.92 Å². The molecule has 3 amide bonds. The normalized spacial score (nSPS) is 22.2. The molecule has 0 radical (unpaired) electrons. The second kappa shape index (κ2) is 6.40. The number of rotatable bonds is 4. The molecule has 1 heterocycles. The number of carboxylic acid groups (broad SMARTS) is 1. The van der Waals surface area contributed by atoms with Gasteiger partial charge in [-0.3, -0.25) is 9.59 Å². The summed E-state index contributed by atoms with van der Waals surface area (Å²) in [5.74, 6) is -1.48. The van der Waals surface area contributed by atoms with E-state index in [2.05, 4.69) is 5.32 Å². The van der Waals surface area contributed by atoms with E-state index in [9.17, 15) is 14.4 Å². The summed E-state index contributed by atoms with van der Waals surface area (Å²) >= 11 is 0. The molecule has 0 aliphatic carbocycles. The average Bonchev–Trinajstić information content (AvgIpc) is 2.71. The second-order valence-electron chi connectivity index (χ2n) is 5.10. The maximum absolute atomic E-state index is 11.8. The van der Waals surface area contributed by atoms with Crippen molar-refractivity contribution >= 4 is 17.9 Å². The zero-order valence-electron chi connectivity index (χ0n) is 11.5. The lowest BCUT2D eigenvalue weighted by atomic mass is 9.99. The van der Waals surface area contributed by atoms with E-state index < -0.39 is 11.9 Å². The molecule has 19 heavy (non-hydrogen) atoms. The van der Waals surface area contributed by atoms with Crippen molar-refractivity contribution in [3.8, 4) is 0 Å². The highest BCUT2D eigenvalue weighted by Crippen LogP contribution is 2.22. The number of aliphatic carboxylic acids is 1. The number of likely N-dealkylation sites (tertiary alicyclic amines) is 1. The van der Waals surface area contributed by atoms with E-state index >= 15 is 0 Å². The Morgan fingerprint density at radius 2 is 1.95 bits per heavy atom. The number of nitrogens with one attached hydrogen (secondary N) is 1. The number of urea groups is 1. The molecule has 0 aromatic carbocycles. The van der Waals surface area contributed by atoms with Crippen LogP contribution >= 0.6 is 0 Å². The molecule has 1 rings (SSSR count). The SMILES string of the molecule is C[C@@H]1CN(C(=O)NCCC(=O)N(C)C)C[C@H]1C(=O)O. The van der Waals surface area contributed by atoms with Gasteiger partial charge in [0, 0.05) is 40.2 Å². The molecule has 0 saturated carbocycles. The number of carboxylic acids is 1. The van der Waals surface area contributed by atoms with Crippen LogP contribution in [0, 0.1) is 11.8 Å². The van der Waals surface area contributed by atoms with E-state index in [1.54, 1.807) is 14.1 Å². The van der Waals surface area contributed by atoms with Gasteiger partial charge >= 0.3 is 12.0 Å². The highest BCUT2D eigenvalue weighted by molar-refractivity contribution is 5.79. The Labute approximate surface area is 112 Å². The summed E-state index contributed by atoms with van der Waals surface area (Å²) in [6.07, 6.45) is 0.241. The number of carbonyl (C=O) groups is 3. The van der Waals surface area contributed by atoms with Crippen LogP contribution in [0.4, 0.5) is 4.79 Å². The predicted molar refractivity (Wildman–Crippen MR) is 68.6 cm³/mol. The molecule has 2 N–H and O–H groups in total. The number of carbonyl (C=O) groups excluding carboxylic acids is 2. The van der Waals surface area contributed by atoms with Crippen LogP contribution in [0.15, 0.2) is 0 Å². The van der Waals surface area contributed by atoms with Crippen LogP contribution in [0.2, 0.25) is 0 Å². The molecule has 108 valence electrons. The lowest BCUT2D eigenvalue weighted by Crippen LogP contribution is -2.40. The molecule has 1 saturated heterocycles. The summed E-state index contributed by atoms with van der Waals surface area (Å²) in [5.41, 5.74) is 0. The maximum Gasteiger partial charge on any atom is 0.317 e. The monoisotopic (exact) mass is 271 g/mol. The molecule has 1 fully saturated rings. The molecule has 0 unspecified atom stereocenters. The third-order valence-corrected chi connectivity index (χ3v) is 3.33. The molecule has 0 aromatic rings. The first kappa shape index (κ1) is 15.3. The van der Waals surface area contributed by atoms with Gasteiger partial charge in [0.15, 0.2) is 0 Å². The summed E-state index contributed by atoms with van der Waals surface area (Å²) in [6.45, 7) is 2.74. The fraction of sp³-hybridized carbons (Fsp3) is 0.750. The first-order valence-electron chi connectivity index (χ1n) is 6.28. The zero-order valence-corrected chi connectivity index (χ0v) is 11.5. The van der Waals surface area contributed by atoms with Crippen molar-refractivity contribution in [3.05, 3.63) is 0 Å². The van der Waals surface area contributed by atoms with Gasteiger partial charge in [0.2, 0.25) is 5.91 Å². The van der Waals surface area contributed by atoms with Crippen LogP contribution < -0.4 is 5.32 Å². The summed E-state index contributed by atoms with van der Waals surface area (Å²) < 4.78 is 0. The summed E-state index contributed by atoms with van der Waals surface area (Å²) in [6, 6.07) is -0.304. The van der Waals surface area contributed by atoms with E-state index in [1.807, 2.05) is 6.92 Å². The number of hydrogen-bond acceptors (Lipinski definition) is 3. The van der Waals surface area contributed by atoms with Crippen molar-refractivity contribution < 1.29 is 19.5 Å². The van der Waals surface area contributed by atoms with Crippen molar-refractivity contribution in [3.63, 3.8) is 0 Å². The van der Waals surface area contributed by atoms with E-state index in [0.717, 1.165) is 0 Å². The highest BCUT2D eigenvalue weighted by Gasteiger charge is 2.36. The van der Waals surface area contributed by atoms with Crippen LogP contribution in [0.5, 0.6) is 0 Å².